The van der Waals surface area contributed by atoms with Crippen LogP contribution in [0.15, 0.2) is 24.3 Å². The highest BCUT2D eigenvalue weighted by atomic mass is 16.7. The number of ether oxygens (including phenoxy) is 3. The number of ketones is 1. The topological polar surface area (TPSA) is 65.0 Å². The highest BCUT2D eigenvalue weighted by Crippen LogP contribution is 2.18. The first-order chi connectivity index (χ1) is 9.81. The Morgan fingerprint density at radius 2 is 2.15 bits per heavy atom. The van der Waals surface area contributed by atoms with E-state index in [2.05, 4.69) is 0 Å². The number of Topliss-reactive ketones (excluding diaryl/α,β-unsaturated/α-hetero) is 1. The van der Waals surface area contributed by atoms with Gasteiger partial charge in [-0.15, -0.1) is 0 Å². The van der Waals surface area contributed by atoms with Crippen LogP contribution in [-0.2, 0) is 9.47 Å². The van der Waals surface area contributed by atoms with E-state index in [-0.39, 0.29) is 12.1 Å². The smallest absolute Gasteiger partial charge is 0.191 e. The normalized spacial score (nSPS) is 18.8. The van der Waals surface area contributed by atoms with Crippen molar-refractivity contribution in [1.29, 1.82) is 0 Å². The van der Waals surface area contributed by atoms with E-state index in [1.54, 1.807) is 24.3 Å². The van der Waals surface area contributed by atoms with Crippen LogP contribution in [0.2, 0.25) is 0 Å². The van der Waals surface area contributed by atoms with E-state index in [0.717, 1.165) is 25.9 Å². The second-order valence-corrected chi connectivity index (χ2v) is 4.59. The van der Waals surface area contributed by atoms with Gasteiger partial charge in [-0.05, 0) is 31.4 Å². The fourth-order valence-corrected chi connectivity index (χ4v) is 2.08. The highest BCUT2D eigenvalue weighted by Gasteiger charge is 2.14. The zero-order chi connectivity index (χ0) is 14.2. The van der Waals surface area contributed by atoms with E-state index in [9.17, 15) is 4.79 Å². The largest absolute Gasteiger partial charge is 0.490 e. The molecule has 1 aliphatic rings. The van der Waals surface area contributed by atoms with E-state index >= 15 is 0 Å². The summed E-state index contributed by atoms with van der Waals surface area (Å²) in [6.07, 6.45) is 2.99. The van der Waals surface area contributed by atoms with Crippen LogP contribution in [0.4, 0.5) is 0 Å². The van der Waals surface area contributed by atoms with Gasteiger partial charge in [0.15, 0.2) is 12.1 Å². The Hall–Kier alpha value is -1.43. The second-order valence-electron chi connectivity index (χ2n) is 4.59. The van der Waals surface area contributed by atoms with Gasteiger partial charge in [-0.25, -0.2) is 0 Å². The lowest BCUT2D eigenvalue weighted by molar-refractivity contribution is -0.165. The van der Waals surface area contributed by atoms with E-state index in [0.29, 0.717) is 24.5 Å². The zero-order valence-corrected chi connectivity index (χ0v) is 11.4. The molecule has 110 valence electrons. The summed E-state index contributed by atoms with van der Waals surface area (Å²) in [6.45, 7) is 0.980. The molecule has 5 nitrogen and oxygen atoms in total. The molecule has 0 bridgehead atoms. The van der Waals surface area contributed by atoms with Crippen molar-refractivity contribution in [2.24, 2.45) is 0 Å². The Bertz CT molecular complexity index is 426. The molecule has 0 spiro atoms. The van der Waals surface area contributed by atoms with Crippen LogP contribution in [0.25, 0.3) is 0 Å². The third kappa shape index (κ3) is 4.30. The molecule has 20 heavy (non-hydrogen) atoms. The number of hydrogen-bond acceptors (Lipinski definition) is 5. The number of aliphatic hydroxyl groups is 1. The number of para-hydroxylation sites is 1. The van der Waals surface area contributed by atoms with Crippen molar-refractivity contribution >= 4 is 5.78 Å². The standard InChI is InChI=1S/C15H20O5/c16-11-13(17)12-5-1-2-6-14(12)18-9-10-20-15-7-3-4-8-19-15/h1-2,5-6,15-16H,3-4,7-11H2. The molecule has 1 heterocycles. The lowest BCUT2D eigenvalue weighted by atomic mass is 10.1. The van der Waals surface area contributed by atoms with Crippen molar-refractivity contribution in [3.05, 3.63) is 29.8 Å². The number of benzene rings is 1. The minimum Gasteiger partial charge on any atom is -0.490 e. The van der Waals surface area contributed by atoms with Crippen LogP contribution >= 0.6 is 0 Å². The average molecular weight is 280 g/mol. The molecule has 1 fully saturated rings. The molecule has 0 saturated carbocycles. The van der Waals surface area contributed by atoms with Crippen LogP contribution in [0, 0.1) is 0 Å². The summed E-state index contributed by atoms with van der Waals surface area (Å²) in [4.78, 5) is 11.5. The molecule has 1 N–H and O–H groups in total. The van der Waals surface area contributed by atoms with Gasteiger partial charge in [-0.1, -0.05) is 12.1 Å². The van der Waals surface area contributed by atoms with Crippen molar-refractivity contribution in [2.45, 2.75) is 25.6 Å². The molecule has 0 aliphatic carbocycles. The van der Waals surface area contributed by atoms with Crippen molar-refractivity contribution in [3.8, 4) is 5.75 Å². The minimum atomic E-state index is -0.521. The Morgan fingerprint density at radius 1 is 1.30 bits per heavy atom. The summed E-state index contributed by atoms with van der Waals surface area (Å²) < 4.78 is 16.5. The fraction of sp³-hybridized carbons (Fsp3) is 0.533. The van der Waals surface area contributed by atoms with Gasteiger partial charge in [0, 0.05) is 6.61 Å². The molecule has 2 rings (SSSR count). The van der Waals surface area contributed by atoms with Gasteiger partial charge in [0.25, 0.3) is 0 Å². The predicted octanol–water partition coefficient (Wildman–Crippen LogP) is 1.78. The molecular formula is C15H20O5. The van der Waals surface area contributed by atoms with Gasteiger partial charge in [0.2, 0.25) is 0 Å². The summed E-state index contributed by atoms with van der Waals surface area (Å²) in [7, 11) is 0. The first-order valence-electron chi connectivity index (χ1n) is 6.90. The maximum Gasteiger partial charge on any atom is 0.191 e. The lowest BCUT2D eigenvalue weighted by Crippen LogP contribution is -2.24. The first kappa shape index (κ1) is 15.0. The van der Waals surface area contributed by atoms with E-state index in [1.165, 1.54) is 0 Å². The molecule has 0 amide bonds. The van der Waals surface area contributed by atoms with Gasteiger partial charge in [-0.2, -0.15) is 0 Å². The number of carbonyl (C=O) groups is 1. The molecule has 5 heteroatoms. The second kappa shape index (κ2) is 7.99. The van der Waals surface area contributed by atoms with Gasteiger partial charge < -0.3 is 19.3 Å². The monoisotopic (exact) mass is 280 g/mol. The summed E-state index contributed by atoms with van der Waals surface area (Å²) in [5.41, 5.74) is 0.393. The molecule has 1 aromatic rings. The van der Waals surface area contributed by atoms with Crippen LogP contribution in [0.3, 0.4) is 0 Å². The maximum absolute atomic E-state index is 11.5. The van der Waals surface area contributed by atoms with Crippen molar-refractivity contribution in [1.82, 2.24) is 0 Å². The molecule has 1 unspecified atom stereocenters. The maximum atomic E-state index is 11.5. The Labute approximate surface area is 118 Å². The third-order valence-electron chi connectivity index (χ3n) is 3.11. The number of rotatable bonds is 7. The van der Waals surface area contributed by atoms with E-state index in [1.807, 2.05) is 0 Å². The molecule has 0 aromatic heterocycles. The van der Waals surface area contributed by atoms with Crippen LogP contribution in [0.5, 0.6) is 5.75 Å². The van der Waals surface area contributed by atoms with E-state index < -0.39 is 6.61 Å². The third-order valence-corrected chi connectivity index (χ3v) is 3.11. The SMILES string of the molecule is O=C(CO)c1ccccc1OCCOC1CCCCO1. The van der Waals surface area contributed by atoms with Crippen molar-refractivity contribution in [3.63, 3.8) is 0 Å². The quantitative estimate of drug-likeness (QED) is 0.609. The summed E-state index contributed by atoms with van der Waals surface area (Å²) in [6, 6.07) is 6.87. The Kier molecular flexibility index (Phi) is 5.98. The summed E-state index contributed by atoms with van der Waals surface area (Å²) >= 11 is 0. The highest BCUT2D eigenvalue weighted by molar-refractivity contribution is 5.99. The van der Waals surface area contributed by atoms with Crippen LogP contribution < -0.4 is 4.74 Å². The number of carbonyl (C=O) groups excluding carboxylic acids is 1. The predicted molar refractivity (Wildman–Crippen MR) is 72.9 cm³/mol. The van der Waals surface area contributed by atoms with Crippen LogP contribution in [0.1, 0.15) is 29.6 Å². The van der Waals surface area contributed by atoms with Crippen LogP contribution in [-0.4, -0.2) is 43.6 Å². The number of aliphatic hydroxyl groups excluding tert-OH is 1. The van der Waals surface area contributed by atoms with E-state index in [4.69, 9.17) is 19.3 Å². The Balaban J connectivity index is 1.77. The number of hydrogen-bond donors (Lipinski definition) is 1. The van der Waals surface area contributed by atoms with Gasteiger partial charge in [0.1, 0.15) is 19.0 Å². The molecular weight excluding hydrogens is 260 g/mol. The van der Waals surface area contributed by atoms with Gasteiger partial charge in [0.05, 0.1) is 12.2 Å². The van der Waals surface area contributed by atoms with Crippen molar-refractivity contribution in [2.75, 3.05) is 26.4 Å². The summed E-state index contributed by atoms with van der Waals surface area (Å²) in [5.74, 6) is 0.122. The molecule has 1 aromatic carbocycles. The first-order valence-corrected chi connectivity index (χ1v) is 6.90. The van der Waals surface area contributed by atoms with Gasteiger partial charge in [-0.3, -0.25) is 4.79 Å². The molecule has 1 saturated heterocycles. The molecule has 1 aliphatic heterocycles. The van der Waals surface area contributed by atoms with Gasteiger partial charge >= 0.3 is 0 Å². The molecule has 1 atom stereocenters. The Morgan fingerprint density at radius 3 is 2.90 bits per heavy atom. The lowest BCUT2D eigenvalue weighted by Gasteiger charge is -2.22. The zero-order valence-electron chi connectivity index (χ0n) is 11.4. The average Bonchev–Trinajstić information content (AvgIpc) is 2.52. The fourth-order valence-electron chi connectivity index (χ4n) is 2.08. The summed E-state index contributed by atoms with van der Waals surface area (Å²) in [5, 5.41) is 8.91. The molecule has 0 radical (unpaired) electrons. The van der Waals surface area contributed by atoms with Crippen molar-refractivity contribution < 1.29 is 24.1 Å². The minimum absolute atomic E-state index is 0.137.